The van der Waals surface area contributed by atoms with E-state index >= 15 is 0 Å². The van der Waals surface area contributed by atoms with Crippen molar-refractivity contribution in [1.82, 2.24) is 0 Å². The quantitative estimate of drug-likeness (QED) is 0.336. The van der Waals surface area contributed by atoms with Crippen molar-refractivity contribution in [3.8, 4) is 12.8 Å². The van der Waals surface area contributed by atoms with Crippen molar-refractivity contribution in [3.63, 3.8) is 0 Å². The minimum absolute atomic E-state index is 0. The van der Waals surface area contributed by atoms with Gasteiger partial charge in [0.15, 0.2) is 0 Å². The SMILES string of the molecule is [C-]#C.[C-]#C.[Y]. The van der Waals surface area contributed by atoms with Crippen molar-refractivity contribution in [2.75, 3.05) is 0 Å². The van der Waals surface area contributed by atoms with Crippen LogP contribution in [0.2, 0.25) is 0 Å². The molecular weight excluding hydrogens is 137 g/mol. The fraction of sp³-hybridized carbons (Fsp3) is 0. The summed E-state index contributed by atoms with van der Waals surface area (Å²) >= 11 is 0. The van der Waals surface area contributed by atoms with Crippen molar-refractivity contribution in [2.45, 2.75) is 0 Å². The first-order valence-corrected chi connectivity index (χ1v) is 0.577. The smallest absolute Gasteiger partial charge is 0 e. The first-order valence-electron chi connectivity index (χ1n) is 0.577. The molecule has 0 amide bonds. The second-order valence-corrected chi connectivity index (χ2v) is 0. The summed E-state index contributed by atoms with van der Waals surface area (Å²) in [5.41, 5.74) is 0. The van der Waals surface area contributed by atoms with E-state index in [2.05, 4.69) is 12.8 Å². The fourth-order valence-electron chi connectivity index (χ4n) is 0. The van der Waals surface area contributed by atoms with Gasteiger partial charge in [-0.1, -0.05) is 0 Å². The van der Waals surface area contributed by atoms with E-state index in [1.807, 2.05) is 0 Å². The van der Waals surface area contributed by atoms with Gasteiger partial charge < -0.3 is 25.7 Å². The van der Waals surface area contributed by atoms with Gasteiger partial charge >= 0.3 is 0 Å². The normalized spacial score (nSPS) is 0.800. The van der Waals surface area contributed by atoms with Crippen molar-refractivity contribution < 1.29 is 32.7 Å². The maximum absolute atomic E-state index is 5.25. The van der Waals surface area contributed by atoms with Crippen LogP contribution in [0.3, 0.4) is 0 Å². The summed E-state index contributed by atoms with van der Waals surface area (Å²) in [6, 6.07) is 0. The molecule has 0 bridgehead atoms. The molecule has 0 unspecified atom stereocenters. The molecule has 5 heavy (non-hydrogen) atoms. The Morgan fingerprint density at radius 3 is 0.800 bits per heavy atom. The molecule has 0 aliphatic rings. The third kappa shape index (κ3) is 417. The van der Waals surface area contributed by atoms with E-state index in [9.17, 15) is 0 Å². The summed E-state index contributed by atoms with van der Waals surface area (Å²) in [6.45, 7) is 0. The van der Waals surface area contributed by atoms with Gasteiger partial charge in [0.25, 0.3) is 0 Å². The van der Waals surface area contributed by atoms with Gasteiger partial charge in [-0.05, 0) is 0 Å². The zero-order chi connectivity index (χ0) is 4.00. The molecule has 0 saturated carbocycles. The molecule has 1 heteroatoms. The van der Waals surface area contributed by atoms with Gasteiger partial charge in [-0.2, -0.15) is 0 Å². The van der Waals surface area contributed by atoms with Gasteiger partial charge in [0, 0.05) is 32.7 Å². The van der Waals surface area contributed by atoms with E-state index in [1.165, 1.54) is 0 Å². The van der Waals surface area contributed by atoms with Gasteiger partial charge in [-0.25, -0.2) is 0 Å². The second kappa shape index (κ2) is 876. The van der Waals surface area contributed by atoms with E-state index in [1.54, 1.807) is 0 Å². The molecule has 0 aromatic carbocycles. The van der Waals surface area contributed by atoms with E-state index in [0.29, 0.717) is 0 Å². The second-order valence-electron chi connectivity index (χ2n) is 0. The Morgan fingerprint density at radius 1 is 0.800 bits per heavy atom. The number of hydrogen-bond donors (Lipinski definition) is 0. The average Bonchev–Trinajstić information content (AvgIpc) is 1.50. The average molecular weight is 139 g/mol. The van der Waals surface area contributed by atoms with Crippen LogP contribution in [0.25, 0.3) is 0 Å². The summed E-state index contributed by atoms with van der Waals surface area (Å²) in [5, 5.41) is 0. The molecule has 0 spiro atoms. The molecule has 0 rings (SSSR count). The maximum atomic E-state index is 5.25. The van der Waals surface area contributed by atoms with Crippen molar-refractivity contribution >= 4 is 0 Å². The predicted octanol–water partition coefficient (Wildman–Crippen LogP) is 0.409. The molecule has 23 valence electrons. The van der Waals surface area contributed by atoms with Crippen molar-refractivity contribution in [3.05, 3.63) is 12.8 Å². The number of terminal acetylenes is 2. The molecule has 0 fully saturated rings. The van der Waals surface area contributed by atoms with Gasteiger partial charge in [-0.15, -0.1) is 0 Å². The summed E-state index contributed by atoms with van der Waals surface area (Å²) in [4.78, 5) is 0. The van der Waals surface area contributed by atoms with Crippen LogP contribution in [0.4, 0.5) is 0 Å². The topological polar surface area (TPSA) is 0 Å². The molecular formula is C4H2Y-2. The van der Waals surface area contributed by atoms with Crippen molar-refractivity contribution in [2.24, 2.45) is 0 Å². The van der Waals surface area contributed by atoms with E-state index < -0.39 is 0 Å². The third-order valence-electron chi connectivity index (χ3n) is 0. The summed E-state index contributed by atoms with van der Waals surface area (Å²) in [5.74, 6) is 0. The minimum Gasteiger partial charge on any atom is -0.697 e. The number of rotatable bonds is 0. The predicted molar refractivity (Wildman–Crippen MR) is 16.4 cm³/mol. The maximum Gasteiger partial charge on any atom is 0 e. The van der Waals surface area contributed by atoms with Crippen LogP contribution in [0.15, 0.2) is 0 Å². The molecule has 0 saturated heterocycles. The number of hydrogen-bond acceptors (Lipinski definition) is 0. The van der Waals surface area contributed by atoms with Crippen LogP contribution >= 0.6 is 0 Å². The van der Waals surface area contributed by atoms with Gasteiger partial charge in [0.1, 0.15) is 0 Å². The largest absolute Gasteiger partial charge is 0.697 e. The van der Waals surface area contributed by atoms with Crippen LogP contribution in [-0.4, -0.2) is 0 Å². The standard InChI is InChI=1S/2C2H.Y/c2*1-2;/h2*1H;/q2*-1;. The Balaban J connectivity index is -0.0000000133. The van der Waals surface area contributed by atoms with Crippen LogP contribution < -0.4 is 0 Å². The minimum atomic E-state index is 0. The third-order valence-corrected chi connectivity index (χ3v) is 0. The van der Waals surface area contributed by atoms with Gasteiger partial charge in [0.2, 0.25) is 0 Å². The van der Waals surface area contributed by atoms with Gasteiger partial charge in [-0.3, -0.25) is 0 Å². The molecule has 1 radical (unpaired) electrons. The Morgan fingerprint density at radius 2 is 0.800 bits per heavy atom. The molecule has 0 nitrogen and oxygen atoms in total. The Labute approximate surface area is 58.2 Å². The molecule has 0 aliphatic heterocycles. The van der Waals surface area contributed by atoms with Crippen LogP contribution in [0.5, 0.6) is 0 Å². The molecule has 0 aromatic rings. The molecule has 0 aromatic heterocycles. The van der Waals surface area contributed by atoms with Gasteiger partial charge in [0.05, 0.1) is 0 Å². The van der Waals surface area contributed by atoms with E-state index in [4.69, 9.17) is 12.8 Å². The zero-order valence-electron chi connectivity index (χ0n) is 2.73. The molecule has 0 N–H and O–H groups in total. The first-order chi connectivity index (χ1) is 2.00. The van der Waals surface area contributed by atoms with Crippen molar-refractivity contribution in [1.29, 1.82) is 0 Å². The Kier molecular flexibility index (Phi) is 3300. The van der Waals surface area contributed by atoms with Crippen LogP contribution in [0.1, 0.15) is 0 Å². The van der Waals surface area contributed by atoms with Crippen LogP contribution in [-0.2, 0) is 32.7 Å². The molecule has 0 atom stereocenters. The van der Waals surface area contributed by atoms with E-state index in [0.717, 1.165) is 0 Å². The monoisotopic (exact) mass is 139 g/mol. The first kappa shape index (κ1) is 18.8. The van der Waals surface area contributed by atoms with Crippen LogP contribution in [0, 0.1) is 25.7 Å². The molecule has 0 heterocycles. The summed E-state index contributed by atoms with van der Waals surface area (Å²) in [7, 11) is 0. The fourth-order valence-corrected chi connectivity index (χ4v) is 0. The van der Waals surface area contributed by atoms with E-state index in [-0.39, 0.29) is 32.7 Å². The summed E-state index contributed by atoms with van der Waals surface area (Å²) < 4.78 is 0. The Hall–Kier alpha value is 0.224. The summed E-state index contributed by atoms with van der Waals surface area (Å²) in [6.07, 6.45) is 18.0. The Bertz CT molecular complexity index is 19.1. The molecule has 0 aliphatic carbocycles. The zero-order valence-corrected chi connectivity index (χ0v) is 5.57.